The molecule has 1 aliphatic carbocycles. The molecule has 88 valence electrons. The maximum atomic E-state index is 5.98. The van der Waals surface area contributed by atoms with Crippen molar-refractivity contribution in [2.45, 2.75) is 32.2 Å². The molecule has 1 unspecified atom stereocenters. The van der Waals surface area contributed by atoms with Gasteiger partial charge in [-0.25, -0.2) is 4.68 Å². The van der Waals surface area contributed by atoms with Gasteiger partial charge >= 0.3 is 0 Å². The third-order valence-corrected chi connectivity index (χ3v) is 3.41. The summed E-state index contributed by atoms with van der Waals surface area (Å²) in [5.41, 5.74) is 10.9. The van der Waals surface area contributed by atoms with Crippen molar-refractivity contribution < 1.29 is 0 Å². The summed E-state index contributed by atoms with van der Waals surface area (Å²) in [4.78, 5) is 0. The van der Waals surface area contributed by atoms with Gasteiger partial charge in [-0.15, -0.1) is 0 Å². The van der Waals surface area contributed by atoms with Crippen LogP contribution in [0.1, 0.15) is 23.2 Å². The normalized spacial score (nSPS) is 19.1. The number of hydrogen-bond acceptors (Lipinski definition) is 2. The Morgan fingerprint density at radius 3 is 2.82 bits per heavy atom. The molecule has 1 aliphatic rings. The molecule has 1 atom stereocenters. The van der Waals surface area contributed by atoms with Crippen molar-refractivity contribution in [3.05, 3.63) is 47.3 Å². The fourth-order valence-corrected chi connectivity index (χ4v) is 2.36. The van der Waals surface area contributed by atoms with Gasteiger partial charge in [0.1, 0.15) is 0 Å². The highest BCUT2D eigenvalue weighted by Gasteiger charge is 2.18. The first-order valence-electron chi connectivity index (χ1n) is 6.12. The smallest absolute Gasteiger partial charge is 0.0662 e. The van der Waals surface area contributed by atoms with E-state index in [1.807, 2.05) is 4.68 Å². The van der Waals surface area contributed by atoms with Gasteiger partial charge in [0.2, 0.25) is 0 Å². The molecule has 17 heavy (non-hydrogen) atoms. The van der Waals surface area contributed by atoms with Crippen molar-refractivity contribution in [3.63, 3.8) is 0 Å². The number of aryl methyl sites for hydroxylation is 2. The molecule has 0 saturated heterocycles. The Hall–Kier alpha value is -1.61. The van der Waals surface area contributed by atoms with Crippen LogP contribution in [0.4, 0.5) is 0 Å². The Kier molecular flexibility index (Phi) is 2.48. The number of nitrogens with two attached hydrogens (primary N) is 1. The molecule has 2 aromatic rings. The van der Waals surface area contributed by atoms with Crippen molar-refractivity contribution >= 4 is 0 Å². The van der Waals surface area contributed by atoms with E-state index in [4.69, 9.17) is 5.73 Å². The largest absolute Gasteiger partial charge is 0.327 e. The van der Waals surface area contributed by atoms with Crippen LogP contribution >= 0.6 is 0 Å². The highest BCUT2D eigenvalue weighted by molar-refractivity contribution is 5.35. The van der Waals surface area contributed by atoms with E-state index in [0.717, 1.165) is 24.9 Å². The van der Waals surface area contributed by atoms with Gasteiger partial charge in [0.05, 0.1) is 11.4 Å². The second-order valence-electron chi connectivity index (χ2n) is 4.88. The first-order valence-corrected chi connectivity index (χ1v) is 6.12. The van der Waals surface area contributed by atoms with Crippen LogP contribution in [0, 0.1) is 6.92 Å². The highest BCUT2D eigenvalue weighted by atomic mass is 15.3. The van der Waals surface area contributed by atoms with Crippen LogP contribution in [0.2, 0.25) is 0 Å². The fraction of sp³-hybridized carbons (Fsp3) is 0.357. The Balaban J connectivity index is 1.97. The van der Waals surface area contributed by atoms with E-state index in [2.05, 4.69) is 42.5 Å². The number of benzene rings is 1. The highest BCUT2D eigenvalue weighted by Crippen LogP contribution is 2.21. The van der Waals surface area contributed by atoms with Gasteiger partial charge in [-0.2, -0.15) is 5.10 Å². The number of fused-ring (bicyclic) bond motifs is 1. The zero-order valence-electron chi connectivity index (χ0n) is 10.1. The van der Waals surface area contributed by atoms with Gasteiger partial charge in [-0.05, 0) is 43.9 Å². The quantitative estimate of drug-likeness (QED) is 0.809. The molecule has 0 radical (unpaired) electrons. The maximum absolute atomic E-state index is 5.98. The molecule has 0 amide bonds. The van der Waals surface area contributed by atoms with Crippen LogP contribution in [-0.2, 0) is 12.8 Å². The van der Waals surface area contributed by atoms with Crippen molar-refractivity contribution in [1.29, 1.82) is 0 Å². The molecule has 0 bridgehead atoms. The minimum Gasteiger partial charge on any atom is -0.327 e. The van der Waals surface area contributed by atoms with Crippen molar-refractivity contribution in [2.75, 3.05) is 0 Å². The summed E-state index contributed by atoms with van der Waals surface area (Å²) in [6.45, 7) is 2.09. The topological polar surface area (TPSA) is 43.8 Å². The molecule has 1 aromatic heterocycles. The Morgan fingerprint density at radius 2 is 2.06 bits per heavy atom. The average Bonchev–Trinajstić information content (AvgIpc) is 2.72. The van der Waals surface area contributed by atoms with Gasteiger partial charge < -0.3 is 5.73 Å². The van der Waals surface area contributed by atoms with Gasteiger partial charge in [0, 0.05) is 12.2 Å². The van der Waals surface area contributed by atoms with Gasteiger partial charge in [-0.3, -0.25) is 0 Å². The first-order chi connectivity index (χ1) is 8.22. The average molecular weight is 227 g/mol. The predicted octanol–water partition coefficient (Wildman–Crippen LogP) is 2.00. The summed E-state index contributed by atoms with van der Waals surface area (Å²) in [6, 6.07) is 8.74. The molecule has 0 fully saturated rings. The van der Waals surface area contributed by atoms with Crippen LogP contribution in [0.25, 0.3) is 5.69 Å². The lowest BCUT2D eigenvalue weighted by molar-refractivity contribution is 0.570. The van der Waals surface area contributed by atoms with Crippen LogP contribution in [0.3, 0.4) is 0 Å². The van der Waals surface area contributed by atoms with Gasteiger partial charge in [0.15, 0.2) is 0 Å². The summed E-state index contributed by atoms with van der Waals surface area (Å²) in [5.74, 6) is 0. The molecule has 0 aliphatic heterocycles. The summed E-state index contributed by atoms with van der Waals surface area (Å²) >= 11 is 0. The second kappa shape index (κ2) is 4.00. The molecule has 1 aromatic carbocycles. The van der Waals surface area contributed by atoms with Crippen LogP contribution in [-0.4, -0.2) is 15.8 Å². The minimum atomic E-state index is 0.304. The molecule has 2 N–H and O–H groups in total. The van der Waals surface area contributed by atoms with Crippen LogP contribution < -0.4 is 5.73 Å². The summed E-state index contributed by atoms with van der Waals surface area (Å²) in [7, 11) is 0. The minimum absolute atomic E-state index is 0.304. The van der Waals surface area contributed by atoms with E-state index in [-0.39, 0.29) is 0 Å². The molecule has 1 heterocycles. The molecule has 3 rings (SSSR count). The van der Waals surface area contributed by atoms with E-state index in [9.17, 15) is 0 Å². The zero-order chi connectivity index (χ0) is 11.8. The van der Waals surface area contributed by atoms with E-state index in [0.29, 0.717) is 6.04 Å². The van der Waals surface area contributed by atoms with Crippen molar-refractivity contribution in [2.24, 2.45) is 5.73 Å². The van der Waals surface area contributed by atoms with Crippen molar-refractivity contribution in [1.82, 2.24) is 9.78 Å². The van der Waals surface area contributed by atoms with Gasteiger partial charge in [0.25, 0.3) is 0 Å². The lowest BCUT2D eigenvalue weighted by Crippen LogP contribution is -2.27. The molecule has 0 spiro atoms. The molecule has 0 saturated carbocycles. The summed E-state index contributed by atoms with van der Waals surface area (Å²) in [5, 5.41) is 4.65. The standard InChI is InChI=1S/C14H17N3/c1-10-2-5-13(6-3-10)17-9-11-8-12(15)4-7-14(11)16-17/h2-3,5-6,9,12H,4,7-8,15H2,1H3. The lowest BCUT2D eigenvalue weighted by atomic mass is 9.94. The lowest BCUT2D eigenvalue weighted by Gasteiger charge is -2.15. The first kappa shape index (κ1) is 10.5. The zero-order valence-corrected chi connectivity index (χ0v) is 10.1. The molecule has 3 heteroatoms. The van der Waals surface area contributed by atoms with Crippen molar-refractivity contribution in [3.8, 4) is 5.69 Å². The third kappa shape index (κ3) is 1.98. The predicted molar refractivity (Wildman–Crippen MR) is 68.3 cm³/mol. The second-order valence-corrected chi connectivity index (χ2v) is 4.88. The molecule has 3 nitrogen and oxygen atoms in total. The van der Waals surface area contributed by atoms with Crippen LogP contribution in [0.15, 0.2) is 30.5 Å². The number of rotatable bonds is 1. The monoisotopic (exact) mass is 227 g/mol. The van der Waals surface area contributed by atoms with E-state index in [1.54, 1.807) is 0 Å². The SMILES string of the molecule is Cc1ccc(-n2cc3c(n2)CCC(N)C3)cc1. The summed E-state index contributed by atoms with van der Waals surface area (Å²) < 4.78 is 1.97. The van der Waals surface area contributed by atoms with Gasteiger partial charge in [-0.1, -0.05) is 17.7 Å². The summed E-state index contributed by atoms with van der Waals surface area (Å²) in [6.07, 6.45) is 5.15. The fourth-order valence-electron chi connectivity index (χ4n) is 2.36. The number of hydrogen-bond donors (Lipinski definition) is 1. The molecular weight excluding hydrogens is 210 g/mol. The Morgan fingerprint density at radius 1 is 1.29 bits per heavy atom. The number of aromatic nitrogens is 2. The van der Waals surface area contributed by atoms with E-state index in [1.165, 1.54) is 16.8 Å². The molecular formula is C14H17N3. The van der Waals surface area contributed by atoms with Crippen LogP contribution in [0.5, 0.6) is 0 Å². The Bertz CT molecular complexity index is 525. The van der Waals surface area contributed by atoms with E-state index >= 15 is 0 Å². The Labute approximate surface area is 101 Å². The maximum Gasteiger partial charge on any atom is 0.0662 e. The number of nitrogens with zero attached hydrogens (tertiary/aromatic N) is 2. The van der Waals surface area contributed by atoms with E-state index < -0.39 is 0 Å². The third-order valence-electron chi connectivity index (χ3n) is 3.41.